The highest BCUT2D eigenvalue weighted by Crippen LogP contribution is 2.29. The van der Waals surface area contributed by atoms with Crippen LogP contribution in [0, 0.1) is 0 Å². The van der Waals surface area contributed by atoms with Crippen LogP contribution in [0.3, 0.4) is 0 Å². The Morgan fingerprint density at radius 3 is 2.55 bits per heavy atom. The van der Waals surface area contributed by atoms with Crippen molar-refractivity contribution in [2.75, 3.05) is 18.5 Å². The number of nitrogens with zero attached hydrogens (tertiary/aromatic N) is 1. The van der Waals surface area contributed by atoms with E-state index in [1.165, 1.54) is 16.1 Å². The second-order valence-corrected chi connectivity index (χ2v) is 5.93. The number of benzene rings is 1. The van der Waals surface area contributed by atoms with Crippen LogP contribution in [0.25, 0.3) is 0 Å². The molecule has 0 spiro atoms. The molecular weight excluding hydrogens is 264 g/mol. The normalized spacial score (nSPS) is 12.3. The topological polar surface area (TPSA) is 15.3 Å². The monoisotopic (exact) mass is 288 g/mol. The molecule has 0 bridgehead atoms. The summed E-state index contributed by atoms with van der Waals surface area (Å²) in [6, 6.07) is 13.5. The molecule has 0 aliphatic rings. The Labute approximate surface area is 126 Å². The highest BCUT2D eigenvalue weighted by atomic mass is 32.1. The van der Waals surface area contributed by atoms with Crippen LogP contribution in [0.2, 0.25) is 0 Å². The Bertz CT molecular complexity index is 503. The first-order chi connectivity index (χ1) is 9.80. The van der Waals surface area contributed by atoms with Gasteiger partial charge in [-0.15, -0.1) is 11.3 Å². The smallest absolute Gasteiger partial charge is 0.0522 e. The third-order valence-corrected chi connectivity index (χ3v) is 4.58. The third-order valence-electron chi connectivity index (χ3n) is 3.72. The summed E-state index contributed by atoms with van der Waals surface area (Å²) in [6.45, 7) is 6.47. The highest BCUT2D eigenvalue weighted by molar-refractivity contribution is 7.09. The second-order valence-electron chi connectivity index (χ2n) is 4.90. The summed E-state index contributed by atoms with van der Waals surface area (Å²) in [5, 5.41) is 5.57. The first-order valence-electron chi connectivity index (χ1n) is 7.33. The number of para-hydroxylation sites is 1. The van der Waals surface area contributed by atoms with Gasteiger partial charge < -0.3 is 10.2 Å². The zero-order valence-electron chi connectivity index (χ0n) is 12.6. The predicted octanol–water partition coefficient (Wildman–Crippen LogP) is 4.45. The maximum atomic E-state index is 3.42. The van der Waals surface area contributed by atoms with Crippen LogP contribution in [-0.4, -0.2) is 13.6 Å². The van der Waals surface area contributed by atoms with Crippen LogP contribution in [0.4, 0.5) is 5.69 Å². The summed E-state index contributed by atoms with van der Waals surface area (Å²) in [4.78, 5) is 3.88. The Balaban J connectivity index is 2.29. The van der Waals surface area contributed by atoms with Gasteiger partial charge in [0, 0.05) is 23.2 Å². The number of hydrogen-bond acceptors (Lipinski definition) is 3. The Hall–Kier alpha value is -1.32. The van der Waals surface area contributed by atoms with E-state index in [1.54, 1.807) is 0 Å². The van der Waals surface area contributed by atoms with Crippen molar-refractivity contribution in [2.24, 2.45) is 0 Å². The molecule has 1 unspecified atom stereocenters. The fraction of sp³-hybridized carbons (Fsp3) is 0.412. The quantitative estimate of drug-likeness (QED) is 0.810. The van der Waals surface area contributed by atoms with Crippen molar-refractivity contribution in [3.63, 3.8) is 0 Å². The summed E-state index contributed by atoms with van der Waals surface area (Å²) in [7, 11) is 2.04. The zero-order valence-corrected chi connectivity index (χ0v) is 13.4. The number of anilines is 1. The van der Waals surface area contributed by atoms with Crippen molar-refractivity contribution >= 4 is 17.0 Å². The minimum atomic E-state index is 0.420. The van der Waals surface area contributed by atoms with E-state index in [1.807, 2.05) is 18.4 Å². The standard InChI is InChI=1S/C17H24N2S/c1-4-16(18-3)15-10-6-7-11-17(15)19(5-2)13-14-9-8-12-20-14/h6-12,16,18H,4-5,13H2,1-3H3. The van der Waals surface area contributed by atoms with Gasteiger partial charge in [-0.1, -0.05) is 31.2 Å². The molecule has 20 heavy (non-hydrogen) atoms. The van der Waals surface area contributed by atoms with Crippen molar-refractivity contribution in [1.82, 2.24) is 5.32 Å². The molecule has 2 nitrogen and oxygen atoms in total. The molecule has 0 fully saturated rings. The maximum absolute atomic E-state index is 3.42. The molecule has 1 atom stereocenters. The first-order valence-corrected chi connectivity index (χ1v) is 8.21. The molecule has 0 saturated carbocycles. The van der Waals surface area contributed by atoms with E-state index in [0.717, 1.165) is 19.5 Å². The molecule has 0 aliphatic heterocycles. The lowest BCUT2D eigenvalue weighted by Gasteiger charge is -2.28. The number of rotatable bonds is 7. The molecule has 1 heterocycles. The number of nitrogens with one attached hydrogen (secondary N) is 1. The van der Waals surface area contributed by atoms with Gasteiger partial charge in [-0.2, -0.15) is 0 Å². The van der Waals surface area contributed by atoms with E-state index >= 15 is 0 Å². The molecular formula is C17H24N2S. The minimum Gasteiger partial charge on any atom is -0.366 e. The second kappa shape index (κ2) is 7.46. The van der Waals surface area contributed by atoms with Crippen LogP contribution in [0.15, 0.2) is 41.8 Å². The van der Waals surface area contributed by atoms with Gasteiger partial charge in [0.25, 0.3) is 0 Å². The van der Waals surface area contributed by atoms with Gasteiger partial charge in [-0.05, 0) is 43.5 Å². The van der Waals surface area contributed by atoms with Crippen molar-refractivity contribution in [3.8, 4) is 0 Å². The van der Waals surface area contributed by atoms with Crippen molar-refractivity contribution in [1.29, 1.82) is 0 Å². The average Bonchev–Trinajstić information content (AvgIpc) is 3.00. The number of hydrogen-bond donors (Lipinski definition) is 1. The van der Waals surface area contributed by atoms with Crippen molar-refractivity contribution in [2.45, 2.75) is 32.9 Å². The Morgan fingerprint density at radius 2 is 1.95 bits per heavy atom. The van der Waals surface area contributed by atoms with E-state index in [0.29, 0.717) is 6.04 Å². The SMILES string of the molecule is CCC(NC)c1ccccc1N(CC)Cc1cccs1. The van der Waals surface area contributed by atoms with Crippen LogP contribution in [0.5, 0.6) is 0 Å². The van der Waals surface area contributed by atoms with Gasteiger partial charge in [0.05, 0.1) is 6.54 Å². The lowest BCUT2D eigenvalue weighted by Crippen LogP contribution is -2.25. The van der Waals surface area contributed by atoms with Crippen LogP contribution in [0.1, 0.15) is 36.8 Å². The summed E-state index contributed by atoms with van der Waals surface area (Å²) < 4.78 is 0. The molecule has 0 saturated heterocycles. The van der Waals surface area contributed by atoms with Crippen LogP contribution >= 0.6 is 11.3 Å². The van der Waals surface area contributed by atoms with Gasteiger partial charge >= 0.3 is 0 Å². The van der Waals surface area contributed by atoms with E-state index in [-0.39, 0.29) is 0 Å². The molecule has 0 amide bonds. The van der Waals surface area contributed by atoms with E-state index < -0.39 is 0 Å². The minimum absolute atomic E-state index is 0.420. The van der Waals surface area contributed by atoms with Gasteiger partial charge in [0.1, 0.15) is 0 Å². The summed E-state index contributed by atoms with van der Waals surface area (Å²) >= 11 is 1.83. The van der Waals surface area contributed by atoms with E-state index in [2.05, 4.69) is 65.8 Å². The molecule has 108 valence electrons. The fourth-order valence-corrected chi connectivity index (χ4v) is 3.33. The lowest BCUT2D eigenvalue weighted by molar-refractivity contribution is 0.575. The maximum Gasteiger partial charge on any atom is 0.0522 e. The summed E-state index contributed by atoms with van der Waals surface area (Å²) in [6.07, 6.45) is 1.10. The predicted molar refractivity (Wildman–Crippen MR) is 89.6 cm³/mol. The summed E-state index contributed by atoms with van der Waals surface area (Å²) in [5.41, 5.74) is 2.75. The molecule has 0 aliphatic carbocycles. The average molecular weight is 288 g/mol. The lowest BCUT2D eigenvalue weighted by atomic mass is 10.0. The molecule has 1 aromatic heterocycles. The van der Waals surface area contributed by atoms with E-state index in [9.17, 15) is 0 Å². The third kappa shape index (κ3) is 3.41. The molecule has 3 heteroatoms. The first kappa shape index (κ1) is 15.1. The summed E-state index contributed by atoms with van der Waals surface area (Å²) in [5.74, 6) is 0. The van der Waals surface area contributed by atoms with Gasteiger partial charge in [-0.3, -0.25) is 0 Å². The molecule has 1 aromatic carbocycles. The van der Waals surface area contributed by atoms with Gasteiger partial charge in [0.15, 0.2) is 0 Å². The largest absolute Gasteiger partial charge is 0.366 e. The van der Waals surface area contributed by atoms with Crippen LogP contribution < -0.4 is 10.2 Å². The molecule has 1 N–H and O–H groups in total. The molecule has 0 radical (unpaired) electrons. The Kier molecular flexibility index (Phi) is 5.62. The number of thiophene rings is 1. The molecule has 2 aromatic rings. The van der Waals surface area contributed by atoms with Crippen molar-refractivity contribution in [3.05, 3.63) is 52.2 Å². The Morgan fingerprint density at radius 1 is 1.15 bits per heavy atom. The fourth-order valence-electron chi connectivity index (χ4n) is 2.61. The van der Waals surface area contributed by atoms with E-state index in [4.69, 9.17) is 0 Å². The highest BCUT2D eigenvalue weighted by Gasteiger charge is 2.15. The van der Waals surface area contributed by atoms with Gasteiger partial charge in [-0.25, -0.2) is 0 Å². The van der Waals surface area contributed by atoms with Crippen molar-refractivity contribution < 1.29 is 0 Å². The van der Waals surface area contributed by atoms with Gasteiger partial charge in [0.2, 0.25) is 0 Å². The molecule has 2 rings (SSSR count). The zero-order chi connectivity index (χ0) is 14.4. The van der Waals surface area contributed by atoms with Crippen LogP contribution in [-0.2, 0) is 6.54 Å².